The summed E-state index contributed by atoms with van der Waals surface area (Å²) in [7, 11) is 0. The maximum atomic E-state index is 12.0. The zero-order valence-corrected chi connectivity index (χ0v) is 11.7. The fourth-order valence-corrected chi connectivity index (χ4v) is 2.08. The summed E-state index contributed by atoms with van der Waals surface area (Å²) < 4.78 is 0. The van der Waals surface area contributed by atoms with Crippen molar-refractivity contribution in [3.05, 3.63) is 69.0 Å². The lowest BCUT2D eigenvalue weighted by molar-refractivity contribution is -0.384. The average Bonchev–Trinajstić information content (AvgIpc) is 2.48. The number of aromatic nitrogens is 1. The van der Waals surface area contributed by atoms with Crippen LogP contribution in [0.5, 0.6) is 0 Å². The fraction of sp³-hybridized carbons (Fsp3) is 0.143. The Bertz CT molecular complexity index is 662. The summed E-state index contributed by atoms with van der Waals surface area (Å²) in [4.78, 5) is 26.1. The van der Waals surface area contributed by atoms with Gasteiger partial charge in [-0.1, -0.05) is 17.7 Å². The molecule has 0 aliphatic carbocycles. The van der Waals surface area contributed by atoms with E-state index < -0.39 is 10.8 Å². The molecular weight excluding hydrogens is 294 g/mol. The smallest absolute Gasteiger partial charge is 0.288 e. The zero-order valence-electron chi connectivity index (χ0n) is 11.0. The molecular formula is C14H12ClN3O3. The Labute approximate surface area is 125 Å². The standard InChI is InChI=1S/C14H12ClN3O3/c15-13-11(2-1-3-12(13)18(20)21)14(19)17-9-6-10-4-7-16-8-5-10/h1-5,7-8H,6,9H2,(H,17,19). The van der Waals surface area contributed by atoms with Gasteiger partial charge in [0.2, 0.25) is 0 Å². The van der Waals surface area contributed by atoms with Crippen LogP contribution in [0.1, 0.15) is 15.9 Å². The largest absolute Gasteiger partial charge is 0.352 e. The highest BCUT2D eigenvalue weighted by Gasteiger charge is 2.19. The van der Waals surface area contributed by atoms with Gasteiger partial charge in [0.1, 0.15) is 5.02 Å². The van der Waals surface area contributed by atoms with E-state index in [1.54, 1.807) is 12.4 Å². The molecule has 0 radical (unpaired) electrons. The van der Waals surface area contributed by atoms with Crippen molar-refractivity contribution in [3.8, 4) is 0 Å². The van der Waals surface area contributed by atoms with Crippen LogP contribution in [0.4, 0.5) is 5.69 Å². The number of pyridine rings is 1. The molecule has 108 valence electrons. The molecule has 1 N–H and O–H groups in total. The normalized spacial score (nSPS) is 10.1. The second kappa shape index (κ2) is 6.81. The number of nitrogens with one attached hydrogen (secondary N) is 1. The summed E-state index contributed by atoms with van der Waals surface area (Å²) in [6.45, 7) is 0.405. The third-order valence-corrected chi connectivity index (χ3v) is 3.27. The fourth-order valence-electron chi connectivity index (χ4n) is 1.80. The monoisotopic (exact) mass is 305 g/mol. The Morgan fingerprint density at radius 1 is 1.29 bits per heavy atom. The molecule has 0 atom stereocenters. The van der Waals surface area contributed by atoms with E-state index in [1.807, 2.05) is 12.1 Å². The van der Waals surface area contributed by atoms with Gasteiger partial charge in [0.25, 0.3) is 11.6 Å². The molecule has 6 nitrogen and oxygen atoms in total. The van der Waals surface area contributed by atoms with Crippen LogP contribution in [0, 0.1) is 10.1 Å². The van der Waals surface area contributed by atoms with Crippen molar-refractivity contribution < 1.29 is 9.72 Å². The lowest BCUT2D eigenvalue weighted by Crippen LogP contribution is -2.26. The number of carbonyl (C=O) groups excluding carboxylic acids is 1. The minimum atomic E-state index is -0.615. The van der Waals surface area contributed by atoms with E-state index in [0.29, 0.717) is 13.0 Å². The maximum Gasteiger partial charge on any atom is 0.288 e. The van der Waals surface area contributed by atoms with Gasteiger partial charge >= 0.3 is 0 Å². The highest BCUT2D eigenvalue weighted by Crippen LogP contribution is 2.27. The van der Waals surface area contributed by atoms with Crippen molar-refractivity contribution in [2.75, 3.05) is 6.54 Å². The summed E-state index contributed by atoms with van der Waals surface area (Å²) in [5.74, 6) is -0.433. The van der Waals surface area contributed by atoms with Crippen molar-refractivity contribution in [2.24, 2.45) is 0 Å². The van der Waals surface area contributed by atoms with Gasteiger partial charge in [0.05, 0.1) is 10.5 Å². The molecule has 0 fully saturated rings. The van der Waals surface area contributed by atoms with Crippen LogP contribution in [0.25, 0.3) is 0 Å². The van der Waals surface area contributed by atoms with Gasteiger partial charge in [-0.3, -0.25) is 19.9 Å². The van der Waals surface area contributed by atoms with E-state index in [0.717, 1.165) is 5.56 Å². The summed E-state index contributed by atoms with van der Waals surface area (Å²) >= 11 is 5.88. The Morgan fingerprint density at radius 3 is 2.67 bits per heavy atom. The van der Waals surface area contributed by atoms with Crippen molar-refractivity contribution in [1.82, 2.24) is 10.3 Å². The Kier molecular flexibility index (Phi) is 4.84. The molecule has 2 aromatic rings. The molecule has 1 heterocycles. The Hall–Kier alpha value is -2.47. The molecule has 0 spiro atoms. The molecule has 0 aliphatic rings. The van der Waals surface area contributed by atoms with Gasteiger partial charge in [-0.15, -0.1) is 0 Å². The first-order valence-corrected chi connectivity index (χ1v) is 6.57. The average molecular weight is 306 g/mol. The van der Waals surface area contributed by atoms with E-state index in [2.05, 4.69) is 10.3 Å². The first kappa shape index (κ1) is 14.9. The molecule has 21 heavy (non-hydrogen) atoms. The summed E-state index contributed by atoms with van der Waals surface area (Å²) in [6.07, 6.45) is 3.99. The molecule has 0 saturated heterocycles. The predicted molar refractivity (Wildman–Crippen MR) is 78.4 cm³/mol. The van der Waals surface area contributed by atoms with Gasteiger partial charge in [-0.2, -0.15) is 0 Å². The van der Waals surface area contributed by atoms with Gasteiger partial charge < -0.3 is 5.32 Å². The number of nitro groups is 1. The number of amides is 1. The molecule has 0 bridgehead atoms. The number of halogens is 1. The minimum absolute atomic E-state index is 0.0978. The van der Waals surface area contributed by atoms with Crippen LogP contribution in [0.3, 0.4) is 0 Å². The van der Waals surface area contributed by atoms with Crippen molar-refractivity contribution in [1.29, 1.82) is 0 Å². The molecule has 2 rings (SSSR count). The van der Waals surface area contributed by atoms with E-state index in [4.69, 9.17) is 11.6 Å². The summed E-state index contributed by atoms with van der Waals surface area (Å²) in [6, 6.07) is 7.86. The highest BCUT2D eigenvalue weighted by molar-refractivity contribution is 6.35. The predicted octanol–water partition coefficient (Wildman–Crippen LogP) is 2.62. The SMILES string of the molecule is O=C(NCCc1ccncc1)c1cccc([N+](=O)[O-])c1Cl. The van der Waals surface area contributed by atoms with Crippen molar-refractivity contribution in [3.63, 3.8) is 0 Å². The van der Waals surface area contributed by atoms with E-state index in [-0.39, 0.29) is 16.3 Å². The first-order chi connectivity index (χ1) is 10.1. The number of nitrogens with zero attached hydrogens (tertiary/aromatic N) is 2. The van der Waals surface area contributed by atoms with Crippen LogP contribution in [-0.4, -0.2) is 22.4 Å². The lowest BCUT2D eigenvalue weighted by atomic mass is 10.1. The van der Waals surface area contributed by atoms with E-state index in [9.17, 15) is 14.9 Å². The number of hydrogen-bond acceptors (Lipinski definition) is 4. The van der Waals surface area contributed by atoms with E-state index >= 15 is 0 Å². The number of carbonyl (C=O) groups is 1. The Balaban J connectivity index is 2.01. The molecule has 0 unspecified atom stereocenters. The quantitative estimate of drug-likeness (QED) is 0.679. The van der Waals surface area contributed by atoms with Crippen LogP contribution in [-0.2, 0) is 6.42 Å². The van der Waals surface area contributed by atoms with Crippen LogP contribution in [0.15, 0.2) is 42.7 Å². The second-order valence-corrected chi connectivity index (χ2v) is 4.64. The number of hydrogen-bond donors (Lipinski definition) is 1. The second-order valence-electron chi connectivity index (χ2n) is 4.26. The summed E-state index contributed by atoms with van der Waals surface area (Å²) in [5.41, 5.74) is 0.856. The van der Waals surface area contributed by atoms with Crippen LogP contribution < -0.4 is 5.32 Å². The zero-order chi connectivity index (χ0) is 15.2. The highest BCUT2D eigenvalue weighted by atomic mass is 35.5. The van der Waals surface area contributed by atoms with Gasteiger partial charge in [-0.05, 0) is 30.2 Å². The third kappa shape index (κ3) is 3.76. The molecule has 1 aromatic heterocycles. The third-order valence-electron chi connectivity index (χ3n) is 2.87. The Morgan fingerprint density at radius 2 is 2.00 bits per heavy atom. The van der Waals surface area contributed by atoms with Gasteiger partial charge in [-0.25, -0.2) is 0 Å². The number of nitro benzene ring substituents is 1. The lowest BCUT2D eigenvalue weighted by Gasteiger charge is -2.07. The molecule has 1 aromatic carbocycles. The van der Waals surface area contributed by atoms with Crippen molar-refractivity contribution >= 4 is 23.2 Å². The first-order valence-electron chi connectivity index (χ1n) is 6.19. The van der Waals surface area contributed by atoms with Crippen molar-refractivity contribution in [2.45, 2.75) is 6.42 Å². The number of rotatable bonds is 5. The maximum absolute atomic E-state index is 12.0. The molecule has 1 amide bonds. The van der Waals surface area contributed by atoms with Gasteiger partial charge in [0, 0.05) is 25.0 Å². The van der Waals surface area contributed by atoms with Crippen LogP contribution in [0.2, 0.25) is 5.02 Å². The van der Waals surface area contributed by atoms with Crippen LogP contribution >= 0.6 is 11.6 Å². The van der Waals surface area contributed by atoms with Gasteiger partial charge in [0.15, 0.2) is 0 Å². The molecule has 7 heteroatoms. The summed E-state index contributed by atoms with van der Waals surface area (Å²) in [5, 5.41) is 13.3. The van der Waals surface area contributed by atoms with E-state index in [1.165, 1.54) is 18.2 Å². The molecule has 0 aliphatic heterocycles. The minimum Gasteiger partial charge on any atom is -0.352 e. The topological polar surface area (TPSA) is 85.1 Å². The molecule has 0 saturated carbocycles. The number of benzene rings is 1.